The predicted molar refractivity (Wildman–Crippen MR) is 110 cm³/mol. The summed E-state index contributed by atoms with van der Waals surface area (Å²) in [5.41, 5.74) is 2.10. The smallest absolute Gasteiger partial charge is 0.305 e. The predicted octanol–water partition coefficient (Wildman–Crippen LogP) is 4.15. The number of carbonyl (C=O) groups excluding carboxylic acids is 1. The Balaban J connectivity index is 1.93. The summed E-state index contributed by atoms with van der Waals surface area (Å²) < 4.78 is 19.5. The number of amides is 1. The Morgan fingerprint density at radius 3 is 2.43 bits per heavy atom. The number of carbonyl (C=O) groups is 2. The first-order chi connectivity index (χ1) is 14.4. The van der Waals surface area contributed by atoms with Crippen LogP contribution in [0.15, 0.2) is 60.7 Å². The number of pyridine rings is 1. The lowest BCUT2D eigenvalue weighted by Crippen LogP contribution is -2.31. The van der Waals surface area contributed by atoms with Gasteiger partial charge in [-0.1, -0.05) is 42.0 Å². The van der Waals surface area contributed by atoms with E-state index in [1.165, 1.54) is 25.3 Å². The number of methoxy groups -OCH3 is 1. The minimum Gasteiger partial charge on any atom is -0.494 e. The van der Waals surface area contributed by atoms with Gasteiger partial charge in [-0.2, -0.15) is 0 Å². The van der Waals surface area contributed by atoms with Crippen molar-refractivity contribution in [3.05, 3.63) is 83.3 Å². The molecular weight excluding hydrogens is 387 g/mol. The second-order valence-electron chi connectivity index (χ2n) is 6.76. The molecule has 0 bridgehead atoms. The lowest BCUT2D eigenvalue weighted by Gasteiger charge is -2.18. The van der Waals surface area contributed by atoms with E-state index in [4.69, 9.17) is 4.74 Å². The molecule has 0 spiro atoms. The average Bonchev–Trinajstić information content (AvgIpc) is 2.73. The molecule has 0 fully saturated rings. The Kier molecular flexibility index (Phi) is 6.41. The zero-order chi connectivity index (χ0) is 21.7. The molecule has 30 heavy (non-hydrogen) atoms. The van der Waals surface area contributed by atoms with Crippen molar-refractivity contribution in [3.8, 4) is 17.0 Å². The highest BCUT2D eigenvalue weighted by Gasteiger charge is 2.21. The first kappa shape index (κ1) is 21.0. The Labute approximate surface area is 173 Å². The molecule has 3 rings (SSSR count). The van der Waals surface area contributed by atoms with Gasteiger partial charge in [0.05, 0.1) is 19.6 Å². The molecule has 0 aliphatic heterocycles. The summed E-state index contributed by atoms with van der Waals surface area (Å²) in [5.74, 6) is -1.79. The number of aryl methyl sites for hydroxylation is 1. The number of nitrogens with one attached hydrogen (secondary N) is 1. The molecule has 2 aromatic carbocycles. The normalized spacial score (nSPS) is 11.6. The van der Waals surface area contributed by atoms with E-state index >= 15 is 0 Å². The van der Waals surface area contributed by atoms with Crippen molar-refractivity contribution < 1.29 is 23.8 Å². The Hall–Kier alpha value is -3.74. The van der Waals surface area contributed by atoms with Gasteiger partial charge in [0, 0.05) is 5.56 Å². The van der Waals surface area contributed by atoms with Gasteiger partial charge in [0.15, 0.2) is 0 Å². The van der Waals surface area contributed by atoms with E-state index in [0.717, 1.165) is 5.56 Å². The topological polar surface area (TPSA) is 88.5 Å². The SMILES string of the molecule is COc1ccc(C(=O)N[C@@H](CC(=O)O)c2ccc(C)cc2)nc1-c1ccccc1F. The number of halogens is 1. The van der Waals surface area contributed by atoms with Crippen LogP contribution in [0.1, 0.15) is 34.1 Å². The van der Waals surface area contributed by atoms with Gasteiger partial charge in [0.25, 0.3) is 5.91 Å². The van der Waals surface area contributed by atoms with Crippen molar-refractivity contribution in [1.29, 1.82) is 0 Å². The first-order valence-electron chi connectivity index (χ1n) is 9.28. The molecule has 1 heterocycles. The van der Waals surface area contributed by atoms with Crippen molar-refractivity contribution in [2.24, 2.45) is 0 Å². The molecule has 0 aliphatic rings. The Morgan fingerprint density at radius 2 is 1.80 bits per heavy atom. The molecule has 0 radical (unpaired) electrons. The first-order valence-corrected chi connectivity index (χ1v) is 9.28. The number of hydrogen-bond donors (Lipinski definition) is 2. The van der Waals surface area contributed by atoms with Crippen molar-refractivity contribution >= 4 is 11.9 Å². The van der Waals surface area contributed by atoms with Crippen molar-refractivity contribution in [1.82, 2.24) is 10.3 Å². The number of rotatable bonds is 7. The van der Waals surface area contributed by atoms with Crippen LogP contribution in [0, 0.1) is 12.7 Å². The van der Waals surface area contributed by atoms with E-state index in [-0.39, 0.29) is 23.4 Å². The molecule has 3 aromatic rings. The van der Waals surface area contributed by atoms with Crippen LogP contribution in [0.5, 0.6) is 5.75 Å². The van der Waals surface area contributed by atoms with Gasteiger partial charge in [-0.15, -0.1) is 0 Å². The van der Waals surface area contributed by atoms with Crippen molar-refractivity contribution in [2.75, 3.05) is 7.11 Å². The molecule has 1 atom stereocenters. The van der Waals surface area contributed by atoms with Gasteiger partial charge in [0.2, 0.25) is 0 Å². The van der Waals surface area contributed by atoms with Gasteiger partial charge < -0.3 is 15.2 Å². The van der Waals surface area contributed by atoms with Crippen LogP contribution >= 0.6 is 0 Å². The lowest BCUT2D eigenvalue weighted by atomic mass is 10.0. The molecule has 7 heteroatoms. The molecule has 1 amide bonds. The van der Waals surface area contributed by atoms with Crippen LogP contribution < -0.4 is 10.1 Å². The lowest BCUT2D eigenvalue weighted by molar-refractivity contribution is -0.137. The minimum absolute atomic E-state index is 0.0246. The Morgan fingerprint density at radius 1 is 1.10 bits per heavy atom. The summed E-state index contributed by atoms with van der Waals surface area (Å²) in [5, 5.41) is 12.0. The molecular formula is C23H21FN2O4. The molecule has 0 saturated heterocycles. The van der Waals surface area contributed by atoms with Gasteiger partial charge in [-0.05, 0) is 36.8 Å². The zero-order valence-electron chi connectivity index (χ0n) is 16.6. The maximum atomic E-state index is 14.3. The largest absolute Gasteiger partial charge is 0.494 e. The van der Waals surface area contributed by atoms with E-state index in [1.807, 2.05) is 19.1 Å². The standard InChI is InChI=1S/C23H21FN2O4/c1-14-7-9-15(10-8-14)19(13-21(27)28)26-23(29)18-11-12-20(30-2)22(25-18)16-5-3-4-6-17(16)24/h3-12,19H,13H2,1-2H3,(H,26,29)(H,27,28)/t19-/m0/s1. The monoisotopic (exact) mass is 408 g/mol. The molecule has 0 saturated carbocycles. The fraction of sp³-hybridized carbons (Fsp3) is 0.174. The fourth-order valence-corrected chi connectivity index (χ4v) is 3.04. The number of aliphatic carboxylic acids is 1. The molecule has 6 nitrogen and oxygen atoms in total. The third-order valence-electron chi connectivity index (χ3n) is 4.60. The summed E-state index contributed by atoms with van der Waals surface area (Å²) in [6.45, 7) is 1.92. The maximum absolute atomic E-state index is 14.3. The van der Waals surface area contributed by atoms with Crippen LogP contribution in [-0.4, -0.2) is 29.1 Å². The van der Waals surface area contributed by atoms with Crippen LogP contribution in [0.3, 0.4) is 0 Å². The quantitative estimate of drug-likeness (QED) is 0.613. The highest BCUT2D eigenvalue weighted by atomic mass is 19.1. The zero-order valence-corrected chi connectivity index (χ0v) is 16.6. The summed E-state index contributed by atoms with van der Waals surface area (Å²) in [6, 6.07) is 15.5. The Bertz CT molecular complexity index is 1070. The molecule has 0 unspecified atom stereocenters. The summed E-state index contributed by atoms with van der Waals surface area (Å²) in [6.07, 6.45) is -0.287. The highest BCUT2D eigenvalue weighted by Crippen LogP contribution is 2.30. The third kappa shape index (κ3) is 4.81. The minimum atomic E-state index is -1.05. The molecule has 1 aromatic heterocycles. The van der Waals surface area contributed by atoms with E-state index in [1.54, 1.807) is 30.3 Å². The number of carboxylic acids is 1. The van der Waals surface area contributed by atoms with Gasteiger partial charge in [0.1, 0.15) is 23.0 Å². The number of carboxylic acid groups (broad SMARTS) is 1. The average molecular weight is 408 g/mol. The summed E-state index contributed by atoms with van der Waals surface area (Å²) >= 11 is 0. The number of aromatic nitrogens is 1. The van der Waals surface area contributed by atoms with Crippen molar-refractivity contribution in [2.45, 2.75) is 19.4 Å². The van der Waals surface area contributed by atoms with Crippen LogP contribution in [-0.2, 0) is 4.79 Å². The van der Waals surface area contributed by atoms with Gasteiger partial charge in [-0.3, -0.25) is 9.59 Å². The van der Waals surface area contributed by atoms with Crippen LogP contribution in [0.25, 0.3) is 11.3 Å². The molecule has 2 N–H and O–H groups in total. The molecule has 0 aliphatic carbocycles. The number of nitrogens with zero attached hydrogens (tertiary/aromatic N) is 1. The second kappa shape index (κ2) is 9.17. The molecule has 154 valence electrons. The summed E-state index contributed by atoms with van der Waals surface area (Å²) in [7, 11) is 1.43. The summed E-state index contributed by atoms with van der Waals surface area (Å²) in [4.78, 5) is 28.4. The maximum Gasteiger partial charge on any atom is 0.305 e. The van der Waals surface area contributed by atoms with E-state index in [2.05, 4.69) is 10.3 Å². The van der Waals surface area contributed by atoms with E-state index in [9.17, 15) is 19.1 Å². The van der Waals surface area contributed by atoms with Gasteiger partial charge >= 0.3 is 5.97 Å². The van der Waals surface area contributed by atoms with E-state index in [0.29, 0.717) is 11.3 Å². The van der Waals surface area contributed by atoms with Gasteiger partial charge in [-0.25, -0.2) is 9.37 Å². The van der Waals surface area contributed by atoms with Crippen molar-refractivity contribution in [3.63, 3.8) is 0 Å². The number of benzene rings is 2. The number of hydrogen-bond acceptors (Lipinski definition) is 4. The van der Waals surface area contributed by atoms with Crippen LogP contribution in [0.2, 0.25) is 0 Å². The van der Waals surface area contributed by atoms with Crippen LogP contribution in [0.4, 0.5) is 4.39 Å². The third-order valence-corrected chi connectivity index (χ3v) is 4.60. The van der Waals surface area contributed by atoms with E-state index < -0.39 is 23.7 Å². The second-order valence-corrected chi connectivity index (χ2v) is 6.76. The highest BCUT2D eigenvalue weighted by molar-refractivity contribution is 5.93. The fourth-order valence-electron chi connectivity index (χ4n) is 3.04. The number of ether oxygens (including phenoxy) is 1.